The van der Waals surface area contributed by atoms with Gasteiger partial charge in [0.05, 0.1) is 5.69 Å². The Morgan fingerprint density at radius 2 is 1.95 bits per heavy atom. The minimum atomic E-state index is -1.01. The lowest BCUT2D eigenvalue weighted by Crippen LogP contribution is -2.27. The standard InChI is InChI=1S/C14H11ClN2O2/c15-8-5-9(16)7-10(6-8)17-13(18)11-3-1-2-4-12(11)14(17)19/h1-7,13,18H,16H2. The van der Waals surface area contributed by atoms with Crippen molar-refractivity contribution in [1.29, 1.82) is 0 Å². The summed E-state index contributed by atoms with van der Waals surface area (Å²) in [4.78, 5) is 13.6. The molecule has 0 radical (unpaired) electrons. The van der Waals surface area contributed by atoms with Gasteiger partial charge in [0.2, 0.25) is 0 Å². The molecule has 1 aliphatic rings. The maximum absolute atomic E-state index is 12.3. The first-order chi connectivity index (χ1) is 9.08. The maximum Gasteiger partial charge on any atom is 0.261 e. The van der Waals surface area contributed by atoms with Crippen molar-refractivity contribution < 1.29 is 9.90 Å². The van der Waals surface area contributed by atoms with Gasteiger partial charge in [-0.25, -0.2) is 0 Å². The summed E-state index contributed by atoms with van der Waals surface area (Å²) in [6, 6.07) is 11.8. The van der Waals surface area contributed by atoms with Gasteiger partial charge in [-0.15, -0.1) is 0 Å². The summed E-state index contributed by atoms with van der Waals surface area (Å²) in [7, 11) is 0. The van der Waals surface area contributed by atoms with Crippen molar-refractivity contribution in [1.82, 2.24) is 0 Å². The largest absolute Gasteiger partial charge is 0.399 e. The molecule has 2 aromatic rings. The van der Waals surface area contributed by atoms with Crippen molar-refractivity contribution in [3.05, 3.63) is 58.6 Å². The van der Waals surface area contributed by atoms with Gasteiger partial charge in [-0.2, -0.15) is 0 Å². The first-order valence-corrected chi connectivity index (χ1v) is 6.12. The fraction of sp³-hybridized carbons (Fsp3) is 0.0714. The van der Waals surface area contributed by atoms with Crippen LogP contribution in [-0.2, 0) is 0 Å². The van der Waals surface area contributed by atoms with Crippen molar-refractivity contribution in [3.8, 4) is 0 Å². The molecule has 3 N–H and O–H groups in total. The van der Waals surface area contributed by atoms with Crippen LogP contribution in [0, 0.1) is 0 Å². The van der Waals surface area contributed by atoms with Gasteiger partial charge in [0.1, 0.15) is 0 Å². The Balaban J connectivity index is 2.11. The Morgan fingerprint density at radius 1 is 1.21 bits per heavy atom. The van der Waals surface area contributed by atoms with Gasteiger partial charge in [-0.3, -0.25) is 9.69 Å². The van der Waals surface area contributed by atoms with Crippen molar-refractivity contribution >= 4 is 28.9 Å². The molecule has 0 bridgehead atoms. The lowest BCUT2D eigenvalue weighted by molar-refractivity contribution is 0.0935. The summed E-state index contributed by atoms with van der Waals surface area (Å²) in [5.41, 5.74) is 7.73. The molecule has 1 amide bonds. The molecule has 0 spiro atoms. The Hall–Kier alpha value is -2.04. The van der Waals surface area contributed by atoms with Crippen LogP contribution in [0.1, 0.15) is 22.1 Å². The fourth-order valence-electron chi connectivity index (χ4n) is 2.29. The third-order valence-corrected chi connectivity index (χ3v) is 3.33. The molecule has 0 aromatic heterocycles. The molecule has 2 aromatic carbocycles. The maximum atomic E-state index is 12.3. The van der Waals surface area contributed by atoms with Gasteiger partial charge < -0.3 is 10.8 Å². The van der Waals surface area contributed by atoms with E-state index in [0.29, 0.717) is 27.5 Å². The Kier molecular flexibility index (Phi) is 2.69. The second kappa shape index (κ2) is 4.26. The minimum Gasteiger partial charge on any atom is -0.399 e. The molecule has 4 nitrogen and oxygen atoms in total. The van der Waals surface area contributed by atoms with Gasteiger partial charge in [0.15, 0.2) is 6.23 Å². The molecule has 1 aliphatic heterocycles. The number of rotatable bonds is 1. The summed E-state index contributed by atoms with van der Waals surface area (Å²) >= 11 is 5.94. The van der Waals surface area contributed by atoms with E-state index in [0.717, 1.165) is 0 Å². The van der Waals surface area contributed by atoms with E-state index in [9.17, 15) is 9.90 Å². The molecule has 96 valence electrons. The van der Waals surface area contributed by atoms with Crippen LogP contribution in [0.2, 0.25) is 5.02 Å². The number of aliphatic hydroxyl groups is 1. The SMILES string of the molecule is Nc1cc(Cl)cc(N2C(=O)c3ccccc3C2O)c1. The van der Waals surface area contributed by atoms with Crippen LogP contribution in [0.25, 0.3) is 0 Å². The smallest absolute Gasteiger partial charge is 0.261 e. The monoisotopic (exact) mass is 274 g/mol. The van der Waals surface area contributed by atoms with Crippen molar-refractivity contribution in [3.63, 3.8) is 0 Å². The zero-order valence-corrected chi connectivity index (χ0v) is 10.6. The van der Waals surface area contributed by atoms with Crippen LogP contribution in [0.3, 0.4) is 0 Å². The first kappa shape index (κ1) is 12.0. The molecule has 3 rings (SSSR count). The van der Waals surface area contributed by atoms with E-state index in [1.165, 1.54) is 4.90 Å². The Morgan fingerprint density at radius 3 is 2.63 bits per heavy atom. The van der Waals surface area contributed by atoms with Gasteiger partial charge >= 0.3 is 0 Å². The third kappa shape index (κ3) is 1.85. The number of amides is 1. The highest BCUT2D eigenvalue weighted by molar-refractivity contribution is 6.31. The summed E-state index contributed by atoms with van der Waals surface area (Å²) in [5, 5.41) is 10.7. The van der Waals surface area contributed by atoms with Gasteiger partial charge in [-0.1, -0.05) is 29.8 Å². The summed E-state index contributed by atoms with van der Waals surface area (Å²) in [6.45, 7) is 0. The van der Waals surface area contributed by atoms with E-state index < -0.39 is 6.23 Å². The number of hydrogen-bond donors (Lipinski definition) is 2. The lowest BCUT2D eigenvalue weighted by Gasteiger charge is -2.21. The van der Waals surface area contributed by atoms with Crippen LogP contribution < -0.4 is 10.6 Å². The second-order valence-electron chi connectivity index (χ2n) is 4.38. The molecule has 0 saturated carbocycles. The van der Waals surface area contributed by atoms with Crippen LogP contribution in [0.5, 0.6) is 0 Å². The highest BCUT2D eigenvalue weighted by Crippen LogP contribution is 2.37. The summed E-state index contributed by atoms with van der Waals surface area (Å²) < 4.78 is 0. The third-order valence-electron chi connectivity index (χ3n) is 3.12. The number of benzene rings is 2. The topological polar surface area (TPSA) is 66.6 Å². The molecule has 1 unspecified atom stereocenters. The van der Waals surface area contributed by atoms with E-state index in [1.54, 1.807) is 42.5 Å². The fourth-order valence-corrected chi connectivity index (χ4v) is 2.53. The van der Waals surface area contributed by atoms with E-state index in [4.69, 9.17) is 17.3 Å². The van der Waals surface area contributed by atoms with Crippen LogP contribution in [0.15, 0.2) is 42.5 Å². The average molecular weight is 275 g/mol. The number of nitrogens with two attached hydrogens (primary N) is 1. The molecule has 1 atom stereocenters. The van der Waals surface area contributed by atoms with Crippen LogP contribution >= 0.6 is 11.6 Å². The first-order valence-electron chi connectivity index (χ1n) is 5.74. The van der Waals surface area contributed by atoms with E-state index >= 15 is 0 Å². The molecule has 19 heavy (non-hydrogen) atoms. The summed E-state index contributed by atoms with van der Waals surface area (Å²) in [6.07, 6.45) is -1.01. The molecular formula is C14H11ClN2O2. The molecule has 1 heterocycles. The van der Waals surface area contributed by atoms with Crippen LogP contribution in [-0.4, -0.2) is 11.0 Å². The number of hydrogen-bond acceptors (Lipinski definition) is 3. The number of carbonyl (C=O) groups is 1. The highest BCUT2D eigenvalue weighted by atomic mass is 35.5. The number of fused-ring (bicyclic) bond motifs is 1. The van der Waals surface area contributed by atoms with E-state index in [2.05, 4.69) is 0 Å². The number of aliphatic hydroxyl groups excluding tert-OH is 1. The van der Waals surface area contributed by atoms with Gasteiger partial charge in [0, 0.05) is 21.8 Å². The second-order valence-corrected chi connectivity index (χ2v) is 4.82. The molecule has 0 fully saturated rings. The predicted octanol–water partition coefficient (Wildman–Crippen LogP) is 2.57. The lowest BCUT2D eigenvalue weighted by atomic mass is 10.1. The van der Waals surface area contributed by atoms with E-state index in [-0.39, 0.29) is 5.91 Å². The molecule has 0 saturated heterocycles. The number of halogens is 1. The van der Waals surface area contributed by atoms with Crippen molar-refractivity contribution in [2.75, 3.05) is 10.6 Å². The molecule has 0 aliphatic carbocycles. The summed E-state index contributed by atoms with van der Waals surface area (Å²) in [5.74, 6) is -0.259. The highest BCUT2D eigenvalue weighted by Gasteiger charge is 2.36. The zero-order chi connectivity index (χ0) is 13.6. The van der Waals surface area contributed by atoms with Gasteiger partial charge in [-0.05, 0) is 24.3 Å². The average Bonchev–Trinajstić information content (AvgIpc) is 2.61. The van der Waals surface area contributed by atoms with Crippen molar-refractivity contribution in [2.24, 2.45) is 0 Å². The quantitative estimate of drug-likeness (QED) is 0.786. The normalized spacial score (nSPS) is 17.7. The Bertz CT molecular complexity index is 652. The number of anilines is 2. The zero-order valence-electron chi connectivity index (χ0n) is 9.88. The molecular weight excluding hydrogens is 264 g/mol. The van der Waals surface area contributed by atoms with Crippen molar-refractivity contribution in [2.45, 2.75) is 6.23 Å². The predicted molar refractivity (Wildman–Crippen MR) is 74.1 cm³/mol. The number of nitrogen functional groups attached to an aromatic ring is 1. The molecule has 5 heteroatoms. The van der Waals surface area contributed by atoms with Crippen LogP contribution in [0.4, 0.5) is 11.4 Å². The van der Waals surface area contributed by atoms with Gasteiger partial charge in [0.25, 0.3) is 5.91 Å². The minimum absolute atomic E-state index is 0.259. The van der Waals surface area contributed by atoms with E-state index in [1.807, 2.05) is 0 Å². The number of nitrogens with zero attached hydrogens (tertiary/aromatic N) is 1. The Labute approximate surface area is 115 Å². The number of carbonyl (C=O) groups excluding carboxylic acids is 1.